The van der Waals surface area contributed by atoms with E-state index in [9.17, 15) is 0 Å². The number of hydrogen-bond donors (Lipinski definition) is 0. The maximum absolute atomic E-state index is 8.22. The summed E-state index contributed by atoms with van der Waals surface area (Å²) in [6.45, 7) is 0. The lowest BCUT2D eigenvalue weighted by molar-refractivity contribution is 0.702. The van der Waals surface area contributed by atoms with E-state index in [1.807, 2.05) is 59.5 Å². The van der Waals surface area contributed by atoms with E-state index in [-0.39, 0.29) is 0 Å². The van der Waals surface area contributed by atoms with Crippen molar-refractivity contribution in [2.24, 2.45) is 0 Å². The van der Waals surface area contributed by atoms with Gasteiger partial charge in [-0.2, -0.15) is 0 Å². The van der Waals surface area contributed by atoms with Crippen LogP contribution >= 0.6 is 34.8 Å². The smallest absolute Gasteiger partial charge is 0.215 e. The van der Waals surface area contributed by atoms with Crippen LogP contribution in [-0.4, -0.2) is 3.79 Å². The summed E-state index contributed by atoms with van der Waals surface area (Å²) in [4.78, 5) is 1.84. The van der Waals surface area contributed by atoms with Gasteiger partial charge >= 0.3 is 0 Å². The minimum Gasteiger partial charge on any atom is -0.336 e. The Bertz CT molecular complexity index is 679. The topological polar surface area (TPSA) is 3.24 Å². The summed E-state index contributed by atoms with van der Waals surface area (Å²) in [5, 5.41) is 0. The van der Waals surface area contributed by atoms with Crippen molar-refractivity contribution >= 4 is 46.5 Å². The van der Waals surface area contributed by atoms with E-state index in [1.165, 1.54) is 0 Å². The highest BCUT2D eigenvalue weighted by atomic mass is 35.6. The van der Waals surface area contributed by atoms with Crippen molar-refractivity contribution in [3.63, 3.8) is 0 Å². The molecule has 0 N–H and O–H groups in total. The van der Waals surface area contributed by atoms with E-state index in [2.05, 4.69) is 0 Å². The number of hydrogen-bond acceptors (Lipinski definition) is 1. The molecule has 2 aromatic rings. The van der Waals surface area contributed by atoms with Crippen molar-refractivity contribution in [1.29, 1.82) is 0 Å². The average molecular weight is 326 g/mol. The van der Waals surface area contributed by atoms with Crippen LogP contribution in [0.1, 0.15) is 18.5 Å². The van der Waals surface area contributed by atoms with Gasteiger partial charge in [-0.05, 0) is 29.3 Å². The van der Waals surface area contributed by atoms with Gasteiger partial charge < -0.3 is 4.90 Å². The summed E-state index contributed by atoms with van der Waals surface area (Å²) in [7, 11) is 0. The third kappa shape index (κ3) is 2.54. The highest BCUT2D eigenvalue weighted by Crippen LogP contribution is 2.48. The maximum atomic E-state index is 8.22. The summed E-state index contributed by atoms with van der Waals surface area (Å²) in [6, 6.07) is 17.1. The van der Waals surface area contributed by atoms with Crippen LogP contribution in [0, 0.1) is 0 Å². The predicted octanol–water partition coefficient (Wildman–Crippen LogP) is 5.59. The molecule has 0 saturated heterocycles. The van der Waals surface area contributed by atoms with Crippen LogP contribution in [0.4, 0.5) is 5.69 Å². The zero-order valence-corrected chi connectivity index (χ0v) is 12.7. The molecule has 1 aliphatic heterocycles. The molecule has 1 aliphatic rings. The van der Waals surface area contributed by atoms with E-state index in [0.29, 0.717) is 6.05 Å². The molecule has 0 aromatic heterocycles. The van der Waals surface area contributed by atoms with Gasteiger partial charge in [0, 0.05) is 11.9 Å². The molecular weight excluding hydrogens is 313 g/mol. The molecule has 20 heavy (non-hydrogen) atoms. The number of alkyl halides is 3. The number of nitrogens with zero attached hydrogens (tertiary/aromatic N) is 1. The maximum Gasteiger partial charge on any atom is 0.215 e. The summed E-state index contributed by atoms with van der Waals surface area (Å²) in [6.07, 6.45) is 1.71. The Morgan fingerprint density at radius 3 is 2.30 bits per heavy atom. The van der Waals surface area contributed by atoms with Gasteiger partial charge in [-0.25, -0.2) is 0 Å². The molecule has 1 atom stereocenters. The lowest BCUT2D eigenvalue weighted by atomic mass is 9.96. The van der Waals surface area contributed by atoms with Crippen molar-refractivity contribution in [2.75, 3.05) is 4.90 Å². The normalized spacial score (nSPS) is 19.1. The van der Waals surface area contributed by atoms with Gasteiger partial charge in [0.1, 0.15) is 6.04 Å². The van der Waals surface area contributed by atoms with Crippen LogP contribution in [0.25, 0.3) is 6.05 Å². The molecule has 0 amide bonds. The van der Waals surface area contributed by atoms with Gasteiger partial charge in [0.2, 0.25) is 3.79 Å². The Morgan fingerprint density at radius 1 is 0.950 bits per heavy atom. The van der Waals surface area contributed by atoms with Gasteiger partial charge in [-0.1, -0.05) is 77.3 Å². The number of fused-ring (bicyclic) bond motifs is 1. The highest BCUT2D eigenvalue weighted by Gasteiger charge is 2.40. The Labute approximate surface area is 134 Å². The minimum atomic E-state index is -1.51. The fourth-order valence-electron chi connectivity index (χ4n) is 2.39. The van der Waals surface area contributed by atoms with Gasteiger partial charge in [0.05, 0.1) is 1.37 Å². The molecule has 3 rings (SSSR count). The summed E-state index contributed by atoms with van der Waals surface area (Å²) in [5.41, 5.74) is 2.52. The second-order valence-corrected chi connectivity index (χ2v) is 6.92. The van der Waals surface area contributed by atoms with Crippen molar-refractivity contribution in [1.82, 2.24) is 0 Å². The van der Waals surface area contributed by atoms with Crippen molar-refractivity contribution in [3.8, 4) is 0 Å². The molecule has 0 aliphatic carbocycles. The Kier molecular flexibility index (Phi) is 3.35. The summed E-state index contributed by atoms with van der Waals surface area (Å²) >= 11 is 18.7. The zero-order chi connectivity index (χ0) is 15.0. The second kappa shape index (κ2) is 5.33. The van der Waals surface area contributed by atoms with Crippen LogP contribution in [0.3, 0.4) is 0 Å². The highest BCUT2D eigenvalue weighted by molar-refractivity contribution is 6.68. The van der Waals surface area contributed by atoms with E-state index >= 15 is 0 Å². The largest absolute Gasteiger partial charge is 0.336 e. The average Bonchev–Trinajstić information content (AvgIpc) is 2.47. The minimum absolute atomic E-state index is 0.403. The molecule has 0 radical (unpaired) electrons. The standard InChI is InChI=1S/C16H12Cl3N/c17-16(18,19)15-14-9-5-4-6-12(14)10-11-20(15)13-7-2-1-3-8-13/h1-11,15H/i10D. The Hall–Kier alpha value is -1.15. The molecular formula is C16H12Cl3N. The van der Waals surface area contributed by atoms with Crippen LogP contribution < -0.4 is 4.90 Å². The molecule has 0 fully saturated rings. The van der Waals surface area contributed by atoms with Crippen molar-refractivity contribution in [2.45, 2.75) is 9.83 Å². The molecule has 102 valence electrons. The van der Waals surface area contributed by atoms with Gasteiger partial charge in [-0.3, -0.25) is 0 Å². The first-order valence-corrected chi connectivity index (χ1v) is 7.29. The zero-order valence-electron chi connectivity index (χ0n) is 11.4. The Balaban J connectivity index is 2.19. The van der Waals surface area contributed by atoms with Crippen molar-refractivity contribution < 1.29 is 1.37 Å². The van der Waals surface area contributed by atoms with Crippen LogP contribution in [-0.2, 0) is 0 Å². The van der Waals surface area contributed by atoms with Crippen LogP contribution in [0.15, 0.2) is 60.8 Å². The molecule has 1 unspecified atom stereocenters. The molecule has 0 saturated carbocycles. The number of benzene rings is 2. The second-order valence-electron chi connectivity index (χ2n) is 4.55. The first-order valence-electron chi connectivity index (χ1n) is 6.66. The third-order valence-corrected chi connectivity index (χ3v) is 3.88. The fraction of sp³-hybridized carbons (Fsp3) is 0.125. The van der Waals surface area contributed by atoms with Crippen LogP contribution in [0.5, 0.6) is 0 Å². The predicted molar refractivity (Wildman–Crippen MR) is 87.4 cm³/mol. The first kappa shape index (κ1) is 12.6. The van der Waals surface area contributed by atoms with E-state index in [0.717, 1.165) is 16.8 Å². The van der Waals surface area contributed by atoms with Crippen molar-refractivity contribution in [3.05, 3.63) is 71.9 Å². The van der Waals surface area contributed by atoms with E-state index in [1.54, 1.807) is 6.20 Å². The monoisotopic (exact) mass is 324 g/mol. The number of para-hydroxylation sites is 1. The van der Waals surface area contributed by atoms with Gasteiger partial charge in [-0.15, -0.1) is 0 Å². The fourth-order valence-corrected chi connectivity index (χ4v) is 3.06. The number of anilines is 1. The summed E-state index contributed by atoms with van der Waals surface area (Å²) in [5.74, 6) is 0. The molecule has 1 nitrogen and oxygen atoms in total. The third-order valence-electron chi connectivity index (χ3n) is 3.26. The number of halogens is 3. The molecule has 0 spiro atoms. The van der Waals surface area contributed by atoms with E-state index < -0.39 is 9.83 Å². The molecule has 0 bridgehead atoms. The molecule has 1 heterocycles. The summed E-state index contributed by atoms with van der Waals surface area (Å²) < 4.78 is 6.71. The lowest BCUT2D eigenvalue weighted by Crippen LogP contribution is -2.35. The SMILES string of the molecule is [2H]C1=CN(c2ccccc2)C(C(Cl)(Cl)Cl)c2ccccc21. The van der Waals surface area contributed by atoms with Gasteiger partial charge in [0.25, 0.3) is 0 Å². The van der Waals surface area contributed by atoms with Crippen LogP contribution in [0.2, 0.25) is 0 Å². The Morgan fingerprint density at radius 2 is 1.60 bits per heavy atom. The lowest BCUT2D eigenvalue weighted by Gasteiger charge is -2.38. The van der Waals surface area contributed by atoms with E-state index in [4.69, 9.17) is 36.2 Å². The van der Waals surface area contributed by atoms with Gasteiger partial charge in [0.15, 0.2) is 0 Å². The molecule has 2 aromatic carbocycles. The quantitative estimate of drug-likeness (QED) is 0.618. The number of rotatable bonds is 1. The first-order chi connectivity index (χ1) is 9.98. The molecule has 4 heteroatoms.